The number of ether oxygens (including phenoxy) is 2. The molecule has 0 saturated carbocycles. The van der Waals surface area contributed by atoms with Crippen molar-refractivity contribution in [3.05, 3.63) is 0 Å². The number of hydrogen-bond acceptors (Lipinski definition) is 4. The molecule has 0 aromatic rings. The number of methoxy groups -OCH3 is 2. The molecule has 116 valence electrons. The van der Waals surface area contributed by atoms with Gasteiger partial charge in [-0.2, -0.15) is 0 Å². The zero-order valence-electron chi connectivity index (χ0n) is 13.5. The lowest BCUT2D eigenvalue weighted by Crippen LogP contribution is -2.30. The number of likely N-dealkylation sites (N-methyl/N-ethyl adjacent to an activating group) is 1. The van der Waals surface area contributed by atoms with Crippen LogP contribution in [0.1, 0.15) is 34.1 Å². The van der Waals surface area contributed by atoms with E-state index in [2.05, 4.69) is 17.1 Å². The molecule has 0 rings (SSSR count). The van der Waals surface area contributed by atoms with E-state index in [-0.39, 0.29) is 5.60 Å². The Morgan fingerprint density at radius 1 is 1.21 bits per heavy atom. The van der Waals surface area contributed by atoms with Crippen molar-refractivity contribution in [2.75, 3.05) is 47.0 Å². The second kappa shape index (κ2) is 13.8. The molecule has 0 radical (unpaired) electrons. The zero-order valence-corrected chi connectivity index (χ0v) is 13.5. The van der Waals surface area contributed by atoms with Crippen LogP contribution in [0.5, 0.6) is 0 Å². The topological polar surface area (TPSA) is 50.8 Å². The van der Waals surface area contributed by atoms with Gasteiger partial charge in [-0.15, -0.1) is 0 Å². The highest BCUT2D eigenvalue weighted by Gasteiger charge is 2.04. The fourth-order valence-corrected chi connectivity index (χ4v) is 1.11. The Hall–Kier alpha value is -0.650. The van der Waals surface area contributed by atoms with E-state index in [1.807, 2.05) is 20.8 Å². The minimum Gasteiger partial charge on any atom is -0.383 e. The van der Waals surface area contributed by atoms with E-state index < -0.39 is 0 Å². The van der Waals surface area contributed by atoms with Gasteiger partial charge >= 0.3 is 0 Å². The molecule has 1 N–H and O–H groups in total. The van der Waals surface area contributed by atoms with Gasteiger partial charge in [0.1, 0.15) is 0 Å². The third-order valence-electron chi connectivity index (χ3n) is 2.55. The lowest BCUT2D eigenvalue weighted by molar-refractivity contribution is -0.109. The molecule has 0 bridgehead atoms. The van der Waals surface area contributed by atoms with Crippen molar-refractivity contribution >= 4 is 6.41 Å². The van der Waals surface area contributed by atoms with E-state index in [9.17, 15) is 4.79 Å². The van der Waals surface area contributed by atoms with Crippen molar-refractivity contribution in [3.63, 3.8) is 0 Å². The number of rotatable bonds is 9. The molecule has 0 spiro atoms. The first-order valence-electron chi connectivity index (χ1n) is 6.84. The normalized spacial score (nSPS) is 10.9. The highest BCUT2D eigenvalue weighted by atomic mass is 16.5. The predicted octanol–water partition coefficient (Wildman–Crippen LogP) is 1.52. The van der Waals surface area contributed by atoms with Gasteiger partial charge in [0.15, 0.2) is 0 Å². The van der Waals surface area contributed by atoms with E-state index in [4.69, 9.17) is 9.47 Å². The molecule has 1 amide bonds. The van der Waals surface area contributed by atoms with Gasteiger partial charge in [-0.1, -0.05) is 6.92 Å². The Bertz CT molecular complexity index is 194. The molecule has 5 heteroatoms. The predicted molar refractivity (Wildman–Crippen MR) is 79.4 cm³/mol. The summed E-state index contributed by atoms with van der Waals surface area (Å²) in [5.74, 6) is 0. The largest absolute Gasteiger partial charge is 0.383 e. The van der Waals surface area contributed by atoms with Gasteiger partial charge in [-0.25, -0.2) is 0 Å². The summed E-state index contributed by atoms with van der Waals surface area (Å²) in [6.07, 6.45) is 1.74. The Balaban J connectivity index is 0. The van der Waals surface area contributed by atoms with Gasteiger partial charge in [-0.3, -0.25) is 4.79 Å². The third kappa shape index (κ3) is 19.9. The van der Waals surface area contributed by atoms with Gasteiger partial charge in [-0.05, 0) is 40.3 Å². The maximum absolute atomic E-state index is 9.95. The van der Waals surface area contributed by atoms with Crippen LogP contribution in [0.3, 0.4) is 0 Å². The Kier molecular flexibility index (Phi) is 15.0. The molecule has 0 atom stereocenters. The van der Waals surface area contributed by atoms with E-state index >= 15 is 0 Å². The maximum Gasteiger partial charge on any atom is 0.207 e. The molecule has 0 unspecified atom stereocenters. The Morgan fingerprint density at radius 3 is 2.16 bits per heavy atom. The first kappa shape index (κ1) is 20.7. The van der Waals surface area contributed by atoms with Crippen LogP contribution < -0.4 is 5.32 Å². The van der Waals surface area contributed by atoms with Gasteiger partial charge in [0.2, 0.25) is 6.41 Å². The van der Waals surface area contributed by atoms with E-state index in [0.29, 0.717) is 0 Å². The van der Waals surface area contributed by atoms with Crippen molar-refractivity contribution < 1.29 is 14.3 Å². The second-order valence-corrected chi connectivity index (χ2v) is 5.17. The van der Waals surface area contributed by atoms with Crippen LogP contribution in [0, 0.1) is 0 Å². The quantitative estimate of drug-likeness (QED) is 0.512. The summed E-state index contributed by atoms with van der Waals surface area (Å²) in [5.41, 5.74) is 0.0417. The summed E-state index contributed by atoms with van der Waals surface area (Å²) in [6.45, 7) is 12.7. The number of nitrogens with zero attached hydrogens (tertiary/aromatic N) is 1. The summed E-state index contributed by atoms with van der Waals surface area (Å²) in [7, 11) is 3.42. The standard InChI is InChI=1S/C9H20N2O2.C5H12O/c1-3-11(7-8-13-2)6-4-5-10-9-12;1-5(2,3)6-4/h9H,3-8H2,1-2H3,(H,10,12);1-4H3. The van der Waals surface area contributed by atoms with Crippen LogP contribution in [-0.2, 0) is 14.3 Å². The number of carbonyl (C=O) groups is 1. The third-order valence-corrected chi connectivity index (χ3v) is 2.55. The van der Waals surface area contributed by atoms with E-state index in [1.165, 1.54) is 0 Å². The summed E-state index contributed by atoms with van der Waals surface area (Å²) in [6, 6.07) is 0. The average molecular weight is 276 g/mol. The van der Waals surface area contributed by atoms with Crippen LogP contribution in [0.25, 0.3) is 0 Å². The van der Waals surface area contributed by atoms with Gasteiger partial charge < -0.3 is 19.7 Å². The van der Waals surface area contributed by atoms with Crippen molar-refractivity contribution in [3.8, 4) is 0 Å². The van der Waals surface area contributed by atoms with Crippen LogP contribution in [-0.4, -0.2) is 63.9 Å². The molecule has 5 nitrogen and oxygen atoms in total. The lowest BCUT2D eigenvalue weighted by Gasteiger charge is -2.19. The summed E-state index contributed by atoms with van der Waals surface area (Å²) < 4.78 is 9.93. The van der Waals surface area contributed by atoms with Crippen molar-refractivity contribution in [1.82, 2.24) is 10.2 Å². The molecule has 0 fully saturated rings. The van der Waals surface area contributed by atoms with Crippen molar-refractivity contribution in [2.24, 2.45) is 0 Å². The van der Waals surface area contributed by atoms with Gasteiger partial charge in [0.25, 0.3) is 0 Å². The molecule has 0 saturated heterocycles. The minimum atomic E-state index is 0.0417. The molecule has 0 aromatic heterocycles. The van der Waals surface area contributed by atoms with Crippen LogP contribution in [0.4, 0.5) is 0 Å². The number of amides is 1. The van der Waals surface area contributed by atoms with Gasteiger partial charge in [0, 0.05) is 27.3 Å². The van der Waals surface area contributed by atoms with Gasteiger partial charge in [0.05, 0.1) is 12.2 Å². The molecule has 0 aliphatic heterocycles. The SMILES string of the molecule is CCN(CCCNC=O)CCOC.COC(C)(C)C. The minimum absolute atomic E-state index is 0.0417. The summed E-state index contributed by atoms with van der Waals surface area (Å²) in [5, 5.41) is 2.65. The average Bonchev–Trinajstić information content (AvgIpc) is 2.38. The van der Waals surface area contributed by atoms with Crippen molar-refractivity contribution in [2.45, 2.75) is 39.7 Å². The van der Waals surface area contributed by atoms with Crippen LogP contribution in [0.15, 0.2) is 0 Å². The smallest absolute Gasteiger partial charge is 0.207 e. The monoisotopic (exact) mass is 276 g/mol. The summed E-state index contributed by atoms with van der Waals surface area (Å²) in [4.78, 5) is 12.2. The van der Waals surface area contributed by atoms with Crippen molar-refractivity contribution in [1.29, 1.82) is 0 Å². The fraction of sp³-hybridized carbons (Fsp3) is 0.929. The molecular weight excluding hydrogens is 244 g/mol. The zero-order chi connectivity index (χ0) is 15.1. The first-order chi connectivity index (χ1) is 8.91. The number of carbonyl (C=O) groups excluding carboxylic acids is 1. The molecular formula is C14H32N2O3. The van der Waals surface area contributed by atoms with E-state index in [1.54, 1.807) is 14.2 Å². The Labute approximate surface area is 118 Å². The number of hydrogen-bond donors (Lipinski definition) is 1. The molecule has 0 aliphatic rings. The highest BCUT2D eigenvalue weighted by molar-refractivity contribution is 5.45. The highest BCUT2D eigenvalue weighted by Crippen LogP contribution is 2.02. The lowest BCUT2D eigenvalue weighted by atomic mass is 10.2. The molecule has 19 heavy (non-hydrogen) atoms. The Morgan fingerprint density at radius 2 is 1.79 bits per heavy atom. The maximum atomic E-state index is 9.95. The second-order valence-electron chi connectivity index (χ2n) is 5.17. The fourth-order valence-electron chi connectivity index (χ4n) is 1.11. The summed E-state index contributed by atoms with van der Waals surface area (Å²) >= 11 is 0. The van der Waals surface area contributed by atoms with Crippen LogP contribution in [0.2, 0.25) is 0 Å². The molecule has 0 aliphatic carbocycles. The molecule has 0 aromatic carbocycles. The molecule has 0 heterocycles. The van der Waals surface area contributed by atoms with Crippen LogP contribution >= 0.6 is 0 Å². The number of nitrogens with one attached hydrogen (secondary N) is 1. The van der Waals surface area contributed by atoms with E-state index in [0.717, 1.165) is 45.6 Å². The first-order valence-corrected chi connectivity index (χ1v) is 6.84.